The van der Waals surface area contributed by atoms with Crippen molar-refractivity contribution >= 4 is 11.9 Å². The average molecular weight is 239 g/mol. The lowest BCUT2D eigenvalue weighted by molar-refractivity contribution is 0.0690. The van der Waals surface area contributed by atoms with Crippen molar-refractivity contribution < 1.29 is 15.0 Å². The van der Waals surface area contributed by atoms with Crippen LogP contribution in [0.1, 0.15) is 36.5 Å². The zero-order valence-corrected chi connectivity index (χ0v) is 10.2. The number of carboxylic acid groups (broad SMARTS) is 1. The van der Waals surface area contributed by atoms with Crippen molar-refractivity contribution in [2.75, 3.05) is 11.9 Å². The van der Waals surface area contributed by atoms with Gasteiger partial charge in [-0.25, -0.2) is 14.8 Å². The van der Waals surface area contributed by atoms with Crippen LogP contribution in [0, 0.1) is 6.92 Å². The molecule has 0 saturated carbocycles. The van der Waals surface area contributed by atoms with Crippen LogP contribution < -0.4 is 5.32 Å². The number of aliphatic hydroxyl groups excluding tert-OH is 1. The van der Waals surface area contributed by atoms with Crippen molar-refractivity contribution in [3.63, 3.8) is 0 Å². The molecule has 1 aromatic rings. The van der Waals surface area contributed by atoms with Gasteiger partial charge in [-0.3, -0.25) is 0 Å². The summed E-state index contributed by atoms with van der Waals surface area (Å²) in [5, 5.41) is 20.8. The normalized spacial score (nSPS) is 11.3. The summed E-state index contributed by atoms with van der Waals surface area (Å²) in [7, 11) is 0. The van der Waals surface area contributed by atoms with E-state index >= 15 is 0 Å². The number of aliphatic hydroxyl groups is 1. The summed E-state index contributed by atoms with van der Waals surface area (Å²) in [6.07, 6.45) is 0.521. The number of nitrogens with zero attached hydrogens (tertiary/aromatic N) is 2. The monoisotopic (exact) mass is 239 g/mol. The molecular formula is C11H17N3O3. The number of nitrogens with one attached hydrogen (secondary N) is 1. The van der Waals surface area contributed by atoms with Gasteiger partial charge in [-0.1, -0.05) is 0 Å². The first kappa shape index (κ1) is 13.4. The second-order valence-corrected chi connectivity index (χ2v) is 4.51. The fourth-order valence-electron chi connectivity index (χ4n) is 1.38. The lowest BCUT2D eigenvalue weighted by Crippen LogP contribution is -2.33. The molecule has 94 valence electrons. The van der Waals surface area contributed by atoms with E-state index in [0.717, 1.165) is 0 Å². The molecule has 0 radical (unpaired) electrons. The van der Waals surface area contributed by atoms with Crippen LogP contribution in [-0.4, -0.2) is 38.3 Å². The van der Waals surface area contributed by atoms with E-state index in [2.05, 4.69) is 15.3 Å². The third kappa shape index (κ3) is 3.99. The number of hydrogen-bond donors (Lipinski definition) is 3. The van der Waals surface area contributed by atoms with Crippen molar-refractivity contribution in [3.8, 4) is 0 Å². The molecule has 1 heterocycles. The number of carboxylic acids is 1. The van der Waals surface area contributed by atoms with Gasteiger partial charge in [0.15, 0.2) is 5.69 Å². The third-order valence-corrected chi connectivity index (χ3v) is 2.26. The molecule has 6 nitrogen and oxygen atoms in total. The minimum absolute atomic E-state index is 0.0393. The quantitative estimate of drug-likeness (QED) is 0.711. The molecule has 0 atom stereocenters. The average Bonchev–Trinajstić information content (AvgIpc) is 2.15. The Balaban J connectivity index is 2.95. The standard InChI is InChI=1S/C11H17N3O3/c1-7-6-8(9(16)17)13-10(12-7)14-11(2,3)4-5-15/h6,15H,4-5H2,1-3H3,(H,16,17)(H,12,13,14). The molecular weight excluding hydrogens is 222 g/mol. The van der Waals surface area contributed by atoms with E-state index in [1.54, 1.807) is 6.92 Å². The molecule has 17 heavy (non-hydrogen) atoms. The second kappa shape index (κ2) is 5.09. The lowest BCUT2D eigenvalue weighted by Gasteiger charge is -2.25. The molecule has 1 rings (SSSR count). The van der Waals surface area contributed by atoms with Crippen molar-refractivity contribution in [1.82, 2.24) is 9.97 Å². The molecule has 0 aliphatic rings. The maximum atomic E-state index is 10.8. The summed E-state index contributed by atoms with van der Waals surface area (Å²) in [4.78, 5) is 18.9. The first-order valence-corrected chi connectivity index (χ1v) is 5.32. The Hall–Kier alpha value is -1.69. The molecule has 0 unspecified atom stereocenters. The largest absolute Gasteiger partial charge is 0.477 e. The Bertz CT molecular complexity index is 418. The van der Waals surface area contributed by atoms with E-state index in [0.29, 0.717) is 12.1 Å². The van der Waals surface area contributed by atoms with E-state index in [1.807, 2.05) is 13.8 Å². The fraction of sp³-hybridized carbons (Fsp3) is 0.545. The van der Waals surface area contributed by atoms with Gasteiger partial charge < -0.3 is 15.5 Å². The first-order chi connectivity index (χ1) is 7.84. The number of aromatic nitrogens is 2. The van der Waals surface area contributed by atoms with Crippen LogP contribution in [0.15, 0.2) is 6.07 Å². The van der Waals surface area contributed by atoms with Crippen molar-refractivity contribution in [3.05, 3.63) is 17.5 Å². The van der Waals surface area contributed by atoms with Crippen LogP contribution in [0.2, 0.25) is 0 Å². The van der Waals surface area contributed by atoms with Gasteiger partial charge in [-0.15, -0.1) is 0 Å². The van der Waals surface area contributed by atoms with Crippen LogP contribution in [-0.2, 0) is 0 Å². The topological polar surface area (TPSA) is 95.3 Å². The highest BCUT2D eigenvalue weighted by molar-refractivity contribution is 5.85. The zero-order valence-electron chi connectivity index (χ0n) is 10.2. The van der Waals surface area contributed by atoms with Gasteiger partial charge in [-0.2, -0.15) is 0 Å². The van der Waals surface area contributed by atoms with Gasteiger partial charge in [0, 0.05) is 17.8 Å². The first-order valence-electron chi connectivity index (χ1n) is 5.32. The van der Waals surface area contributed by atoms with Gasteiger partial charge >= 0.3 is 5.97 Å². The maximum Gasteiger partial charge on any atom is 0.354 e. The molecule has 6 heteroatoms. The molecule has 0 aliphatic heterocycles. The summed E-state index contributed by atoms with van der Waals surface area (Å²) in [5.41, 5.74) is 0.151. The summed E-state index contributed by atoms with van der Waals surface area (Å²) >= 11 is 0. The highest BCUT2D eigenvalue weighted by Crippen LogP contribution is 2.15. The van der Waals surface area contributed by atoms with Crippen LogP contribution >= 0.6 is 0 Å². The molecule has 0 amide bonds. The van der Waals surface area contributed by atoms with Crippen LogP contribution in [0.4, 0.5) is 5.95 Å². The number of aryl methyl sites for hydroxylation is 1. The van der Waals surface area contributed by atoms with Gasteiger partial charge in [0.2, 0.25) is 5.95 Å². The number of aromatic carboxylic acids is 1. The number of rotatable bonds is 5. The molecule has 0 aromatic carbocycles. The van der Waals surface area contributed by atoms with Gasteiger partial charge in [-0.05, 0) is 33.3 Å². The molecule has 1 aromatic heterocycles. The SMILES string of the molecule is Cc1cc(C(=O)O)nc(NC(C)(C)CCO)n1. The summed E-state index contributed by atoms with van der Waals surface area (Å²) in [6.45, 7) is 5.51. The van der Waals surface area contributed by atoms with E-state index in [1.165, 1.54) is 6.07 Å². The minimum atomic E-state index is -1.08. The van der Waals surface area contributed by atoms with Gasteiger partial charge in [0.05, 0.1) is 0 Å². The molecule has 0 fully saturated rings. The molecule has 0 saturated heterocycles. The van der Waals surface area contributed by atoms with Crippen LogP contribution in [0.3, 0.4) is 0 Å². The summed E-state index contributed by atoms with van der Waals surface area (Å²) in [5.74, 6) is -0.820. The van der Waals surface area contributed by atoms with E-state index < -0.39 is 11.5 Å². The fourth-order valence-corrected chi connectivity index (χ4v) is 1.38. The molecule has 0 bridgehead atoms. The highest BCUT2D eigenvalue weighted by Gasteiger charge is 2.19. The van der Waals surface area contributed by atoms with E-state index in [9.17, 15) is 4.79 Å². The number of hydrogen-bond acceptors (Lipinski definition) is 5. The zero-order chi connectivity index (χ0) is 13.1. The van der Waals surface area contributed by atoms with Crippen molar-refractivity contribution in [2.45, 2.75) is 32.7 Å². The van der Waals surface area contributed by atoms with Gasteiger partial charge in [0.25, 0.3) is 0 Å². The smallest absolute Gasteiger partial charge is 0.354 e. The Morgan fingerprint density at radius 1 is 1.47 bits per heavy atom. The molecule has 0 aliphatic carbocycles. The Kier molecular flexibility index (Phi) is 4.01. The number of carbonyl (C=O) groups is 1. The third-order valence-electron chi connectivity index (χ3n) is 2.26. The lowest BCUT2D eigenvalue weighted by atomic mass is 10.0. The molecule has 3 N–H and O–H groups in total. The van der Waals surface area contributed by atoms with Crippen LogP contribution in [0.5, 0.6) is 0 Å². The predicted molar refractivity (Wildman–Crippen MR) is 63.1 cm³/mol. The Labute approximate surface area is 99.7 Å². The van der Waals surface area contributed by atoms with E-state index in [4.69, 9.17) is 10.2 Å². The predicted octanol–water partition coefficient (Wildman–Crippen LogP) is 1.06. The summed E-state index contributed by atoms with van der Waals surface area (Å²) < 4.78 is 0. The minimum Gasteiger partial charge on any atom is -0.477 e. The van der Waals surface area contributed by atoms with Crippen LogP contribution in [0.25, 0.3) is 0 Å². The number of anilines is 1. The Morgan fingerprint density at radius 3 is 2.65 bits per heavy atom. The summed E-state index contributed by atoms with van der Waals surface area (Å²) in [6, 6.07) is 1.41. The highest BCUT2D eigenvalue weighted by atomic mass is 16.4. The van der Waals surface area contributed by atoms with Crippen molar-refractivity contribution in [1.29, 1.82) is 0 Å². The second-order valence-electron chi connectivity index (χ2n) is 4.51. The van der Waals surface area contributed by atoms with E-state index in [-0.39, 0.29) is 18.2 Å². The maximum absolute atomic E-state index is 10.8. The van der Waals surface area contributed by atoms with Crippen molar-refractivity contribution in [2.24, 2.45) is 0 Å². The Morgan fingerprint density at radius 2 is 2.12 bits per heavy atom. The molecule has 0 spiro atoms. The van der Waals surface area contributed by atoms with Gasteiger partial charge in [0.1, 0.15) is 0 Å².